The molecular formula is C77H63N7. The number of fused-ring (bicyclic) bond motifs is 6. The van der Waals surface area contributed by atoms with Gasteiger partial charge >= 0.3 is 0 Å². The zero-order valence-corrected chi connectivity index (χ0v) is 48.6. The molecule has 0 unspecified atom stereocenters. The van der Waals surface area contributed by atoms with E-state index >= 15 is 0 Å². The minimum Gasteiger partial charge on any atom is -0.287 e. The van der Waals surface area contributed by atoms with Crippen molar-refractivity contribution in [3.63, 3.8) is 0 Å². The number of imidazole rings is 2. The molecule has 0 aliphatic carbocycles. The first kappa shape index (κ1) is 52.0. The Morgan fingerprint density at radius 2 is 0.655 bits per heavy atom. The van der Waals surface area contributed by atoms with Crippen LogP contribution >= 0.6 is 0 Å². The summed E-state index contributed by atoms with van der Waals surface area (Å²) in [4.78, 5) is 25.9. The maximum atomic E-state index is 5.37. The molecule has 0 saturated heterocycles. The average molecular weight is 1090 g/mol. The summed E-state index contributed by atoms with van der Waals surface area (Å²) in [6.45, 7) is 17.4. The number of hydrogen-bond donors (Lipinski definition) is 0. The summed E-state index contributed by atoms with van der Waals surface area (Å²) in [6.07, 6.45) is 6.23. The number of pyridine rings is 1. The van der Waals surface area contributed by atoms with Gasteiger partial charge in [0.1, 0.15) is 22.9 Å². The van der Waals surface area contributed by atoms with E-state index in [-0.39, 0.29) is 10.8 Å². The van der Waals surface area contributed by atoms with Gasteiger partial charge in [0.15, 0.2) is 0 Å². The highest BCUT2D eigenvalue weighted by Gasteiger charge is 2.25. The summed E-state index contributed by atoms with van der Waals surface area (Å²) in [5, 5.41) is 2.05. The lowest BCUT2D eigenvalue weighted by Crippen LogP contribution is -2.18. The van der Waals surface area contributed by atoms with Crippen molar-refractivity contribution < 1.29 is 0 Å². The van der Waals surface area contributed by atoms with Crippen LogP contribution in [0.25, 0.3) is 133 Å². The molecule has 0 saturated carbocycles. The molecule has 84 heavy (non-hydrogen) atoms. The summed E-state index contributed by atoms with van der Waals surface area (Å²) in [7, 11) is 0. The van der Waals surface area contributed by atoms with E-state index in [0.717, 1.165) is 140 Å². The smallest absolute Gasteiger partial charge is 0.147 e. The van der Waals surface area contributed by atoms with Gasteiger partial charge in [0, 0.05) is 51.3 Å². The molecule has 0 atom stereocenters. The third-order valence-electron chi connectivity index (χ3n) is 16.2. The van der Waals surface area contributed by atoms with E-state index in [9.17, 15) is 0 Å². The molecule has 7 heteroatoms. The fourth-order valence-corrected chi connectivity index (χ4v) is 12.2. The Morgan fingerprint density at radius 3 is 1.10 bits per heavy atom. The van der Waals surface area contributed by atoms with Crippen molar-refractivity contribution in [2.75, 3.05) is 0 Å². The van der Waals surface area contributed by atoms with Crippen LogP contribution in [0.5, 0.6) is 0 Å². The summed E-state index contributed by atoms with van der Waals surface area (Å²) < 4.78 is 4.34. The highest BCUT2D eigenvalue weighted by molar-refractivity contribution is 6.00. The summed E-state index contributed by atoms with van der Waals surface area (Å²) in [5.74, 6) is 1.96. The van der Waals surface area contributed by atoms with Crippen LogP contribution in [-0.4, -0.2) is 33.7 Å². The number of hydrogen-bond acceptors (Lipinski definition) is 5. The van der Waals surface area contributed by atoms with E-state index in [1.54, 1.807) is 0 Å². The quantitative estimate of drug-likeness (QED) is 0.144. The fourth-order valence-electron chi connectivity index (χ4n) is 12.2. The van der Waals surface area contributed by atoms with Gasteiger partial charge in [-0.3, -0.25) is 13.8 Å². The molecule has 0 bridgehead atoms. The van der Waals surface area contributed by atoms with Crippen molar-refractivity contribution in [1.82, 2.24) is 33.7 Å². The second kappa shape index (κ2) is 20.4. The topological polar surface area (TPSA) is 73.3 Å². The van der Waals surface area contributed by atoms with Crippen LogP contribution in [0, 0.1) is 13.8 Å². The zero-order chi connectivity index (χ0) is 57.4. The summed E-state index contributed by atoms with van der Waals surface area (Å²) >= 11 is 0. The monoisotopic (exact) mass is 1090 g/mol. The van der Waals surface area contributed by atoms with Crippen molar-refractivity contribution in [2.45, 2.75) is 66.2 Å². The first-order valence-corrected chi connectivity index (χ1v) is 29.0. The molecule has 9 aromatic carbocycles. The Bertz CT molecular complexity index is 4660. The van der Waals surface area contributed by atoms with Crippen molar-refractivity contribution >= 4 is 33.1 Å². The Hall–Kier alpha value is -10.1. The van der Waals surface area contributed by atoms with E-state index < -0.39 is 0 Å². The molecule has 0 aliphatic rings. The number of rotatable bonds is 9. The Kier molecular flexibility index (Phi) is 12.6. The molecule has 0 aliphatic heterocycles. The molecular weight excluding hydrogens is 1020 g/mol. The first-order valence-electron chi connectivity index (χ1n) is 29.0. The molecule has 14 aromatic rings. The second-order valence-corrected chi connectivity index (χ2v) is 24.4. The molecule has 0 spiro atoms. The van der Waals surface area contributed by atoms with E-state index in [1.807, 2.05) is 6.20 Å². The predicted octanol–water partition coefficient (Wildman–Crippen LogP) is 19.7. The van der Waals surface area contributed by atoms with Gasteiger partial charge in [0.05, 0.1) is 28.1 Å². The van der Waals surface area contributed by atoms with Gasteiger partial charge in [-0.2, -0.15) is 0 Å². The van der Waals surface area contributed by atoms with Crippen molar-refractivity contribution in [2.24, 2.45) is 0 Å². The van der Waals surface area contributed by atoms with Crippen LogP contribution in [-0.2, 0) is 10.8 Å². The molecule has 0 N–H and O–H groups in total. The van der Waals surface area contributed by atoms with Gasteiger partial charge in [-0.25, -0.2) is 19.9 Å². The van der Waals surface area contributed by atoms with Gasteiger partial charge in [-0.15, -0.1) is 0 Å². The van der Waals surface area contributed by atoms with Crippen molar-refractivity contribution in [3.05, 3.63) is 260 Å². The van der Waals surface area contributed by atoms with Gasteiger partial charge in [-0.05, 0) is 152 Å². The Labute approximate surface area is 490 Å². The molecule has 0 radical (unpaired) electrons. The second-order valence-electron chi connectivity index (χ2n) is 24.4. The van der Waals surface area contributed by atoms with Crippen molar-refractivity contribution in [3.8, 4) is 100 Å². The molecule has 406 valence electrons. The van der Waals surface area contributed by atoms with Gasteiger partial charge in [-0.1, -0.05) is 205 Å². The Morgan fingerprint density at radius 1 is 0.298 bits per heavy atom. The number of benzene rings is 9. The number of aromatic nitrogens is 7. The highest BCUT2D eigenvalue weighted by Crippen LogP contribution is 2.44. The van der Waals surface area contributed by atoms with E-state index in [4.69, 9.17) is 24.9 Å². The lowest BCUT2D eigenvalue weighted by molar-refractivity contribution is 0.539. The maximum absolute atomic E-state index is 5.37. The van der Waals surface area contributed by atoms with E-state index in [2.05, 4.69) is 295 Å². The largest absolute Gasteiger partial charge is 0.287 e. The molecule has 14 rings (SSSR count). The van der Waals surface area contributed by atoms with E-state index in [1.165, 1.54) is 16.7 Å². The molecule has 7 nitrogen and oxygen atoms in total. The van der Waals surface area contributed by atoms with Gasteiger partial charge in [0.2, 0.25) is 0 Å². The van der Waals surface area contributed by atoms with E-state index in [0.29, 0.717) is 0 Å². The van der Waals surface area contributed by atoms with Crippen LogP contribution < -0.4 is 0 Å². The van der Waals surface area contributed by atoms with Crippen LogP contribution in [0.15, 0.2) is 237 Å². The van der Waals surface area contributed by atoms with Crippen molar-refractivity contribution in [1.29, 1.82) is 0 Å². The lowest BCUT2D eigenvalue weighted by atomic mass is 9.86. The third kappa shape index (κ3) is 9.51. The van der Waals surface area contributed by atoms with Crippen LogP contribution in [0.3, 0.4) is 0 Å². The number of nitrogens with zero attached hydrogens (tertiary/aromatic N) is 7. The Balaban J connectivity index is 0.900. The number of aryl methyl sites for hydroxylation is 2. The van der Waals surface area contributed by atoms with Crippen LogP contribution in [0.4, 0.5) is 0 Å². The molecule has 5 heterocycles. The summed E-state index contributed by atoms with van der Waals surface area (Å²) in [6, 6.07) is 79.1. The SMILES string of the molecule is Cc1cn2c(C(C)(C)C)nc3cc(-c4ccccc4-c4cc(-c5ccccc5-c5ccc(-c6cccc(-c7ccc(-c8ccccc8)cc7)c6)nc5)cc(-c5ccccc5-c5ccc6c(c5)nc(C(C)(C)C)n5cc(C)nc65)c4)ccc3c2n1. The molecule has 0 fully saturated rings. The van der Waals surface area contributed by atoms with Gasteiger partial charge < -0.3 is 0 Å². The minimum atomic E-state index is -0.206. The minimum absolute atomic E-state index is 0.206. The zero-order valence-electron chi connectivity index (χ0n) is 48.6. The van der Waals surface area contributed by atoms with Gasteiger partial charge in [0.25, 0.3) is 0 Å². The standard InChI is InChI=1S/C77H63N7/c1-48-46-83-72(79-48)67-36-33-54(43-70(67)81-74(83)76(3,4)5)61-23-12-15-26-64(61)58-40-59(65-27-16-13-24-62(65)55-34-37-68-71(44-55)82-75(77(6,7)8)84-47-49(2)80-73(68)84)42-60(41-58)66-28-17-14-25-63(66)57-35-38-69(78-45-57)56-22-18-21-53(39-56)52-31-29-51(30-32-52)50-19-10-9-11-20-50/h9-47H,1-8H3. The fraction of sp³-hybridized carbons (Fsp3) is 0.130. The summed E-state index contributed by atoms with van der Waals surface area (Å²) in [5.41, 5.74) is 25.1. The highest BCUT2D eigenvalue weighted by atomic mass is 15.1. The predicted molar refractivity (Wildman–Crippen MR) is 348 cm³/mol. The lowest BCUT2D eigenvalue weighted by Gasteiger charge is -2.21. The third-order valence-corrected chi connectivity index (χ3v) is 16.2. The maximum Gasteiger partial charge on any atom is 0.147 e. The molecule has 5 aromatic heterocycles. The van der Waals surface area contributed by atoms with Crippen LogP contribution in [0.2, 0.25) is 0 Å². The molecule has 0 amide bonds. The average Bonchev–Trinajstić information content (AvgIpc) is 3.84. The normalized spacial score (nSPS) is 12.0. The van der Waals surface area contributed by atoms with Crippen LogP contribution in [0.1, 0.15) is 64.6 Å². The first-order chi connectivity index (χ1) is 40.7.